The van der Waals surface area contributed by atoms with E-state index in [1.165, 1.54) is 12.2 Å². The molecule has 0 amide bonds. The summed E-state index contributed by atoms with van der Waals surface area (Å²) in [6.45, 7) is 5.30. The molecule has 0 fully saturated rings. The van der Waals surface area contributed by atoms with E-state index >= 15 is 0 Å². The Labute approximate surface area is 264 Å². The van der Waals surface area contributed by atoms with Crippen LogP contribution < -0.4 is 0 Å². The number of ether oxygens (including phenoxy) is 6. The molecule has 6 atom stereocenters. The van der Waals surface area contributed by atoms with Crippen molar-refractivity contribution in [3.63, 3.8) is 0 Å². The quantitative estimate of drug-likeness (QED) is 0.138. The van der Waals surface area contributed by atoms with Crippen LogP contribution in [0.5, 0.6) is 0 Å². The van der Waals surface area contributed by atoms with Crippen molar-refractivity contribution in [1.82, 2.24) is 0 Å². The van der Waals surface area contributed by atoms with Gasteiger partial charge < -0.3 is 28.4 Å². The van der Waals surface area contributed by atoms with Gasteiger partial charge in [-0.05, 0) is 25.7 Å². The third-order valence-electron chi connectivity index (χ3n) is 8.21. The van der Waals surface area contributed by atoms with E-state index in [-0.39, 0.29) is 42.4 Å². The summed E-state index contributed by atoms with van der Waals surface area (Å²) in [5.74, 6) is -10.1. The zero-order chi connectivity index (χ0) is 33.7. The fraction of sp³-hybridized carbons (Fsp3) is 0.562. The van der Waals surface area contributed by atoms with E-state index in [0.29, 0.717) is 12.8 Å². The lowest BCUT2D eigenvalue weighted by molar-refractivity contribution is -0.169. The highest BCUT2D eigenvalue weighted by atomic mass is 16.6. The van der Waals surface area contributed by atoms with Crippen LogP contribution in [0.2, 0.25) is 0 Å². The maximum absolute atomic E-state index is 13.5. The van der Waals surface area contributed by atoms with E-state index in [1.54, 1.807) is 0 Å². The van der Waals surface area contributed by atoms with Crippen molar-refractivity contribution in [2.45, 2.75) is 103 Å². The van der Waals surface area contributed by atoms with Gasteiger partial charge in [0.1, 0.15) is 24.4 Å². The van der Waals surface area contributed by atoms with Gasteiger partial charge in [0.2, 0.25) is 0 Å². The number of rotatable bonds is 11. The highest BCUT2D eigenvalue weighted by molar-refractivity contribution is 6.15. The fourth-order valence-corrected chi connectivity index (χ4v) is 6.43. The second-order valence-electron chi connectivity index (χ2n) is 11.5. The Morgan fingerprint density at radius 2 is 1.41 bits per heavy atom. The van der Waals surface area contributed by atoms with Gasteiger partial charge in [-0.3, -0.25) is 14.4 Å². The molecule has 248 valence electrons. The minimum Gasteiger partial charge on any atom is -0.462 e. The molecule has 0 saturated heterocycles. The van der Waals surface area contributed by atoms with Gasteiger partial charge >= 0.3 is 47.8 Å². The van der Waals surface area contributed by atoms with Crippen LogP contribution in [-0.2, 0) is 66.8 Å². The molecule has 14 nitrogen and oxygen atoms in total. The van der Waals surface area contributed by atoms with Gasteiger partial charge in [-0.1, -0.05) is 32.3 Å². The zero-order valence-corrected chi connectivity index (χ0v) is 26.0. The third kappa shape index (κ3) is 7.60. The standard InChI is InChI=1S/C32H36O14/c1-5-6-7-8-10-21(41-15(2)33)26-24-19(29(37)45-31(24)39)13-18(27(42-16(3)34)22-11-9-12-23(36)44-22)14-20-25(28(26)43-17(4)35)32(40)46-30(20)38/h9,12,18,21-22,26-28H,5-8,10-11,13-14H2,1-4H3/t18-,21+,22-,26+,27-,28-/m0/s1. The van der Waals surface area contributed by atoms with E-state index in [1.807, 2.05) is 6.92 Å². The lowest BCUT2D eigenvalue weighted by Gasteiger charge is -2.33. The van der Waals surface area contributed by atoms with Crippen molar-refractivity contribution in [2.75, 3.05) is 0 Å². The van der Waals surface area contributed by atoms with Crippen molar-refractivity contribution < 1.29 is 66.8 Å². The van der Waals surface area contributed by atoms with Gasteiger partial charge in [-0.2, -0.15) is 0 Å². The first-order valence-electron chi connectivity index (χ1n) is 15.2. The lowest BCUT2D eigenvalue weighted by Crippen LogP contribution is -2.42. The van der Waals surface area contributed by atoms with Crippen LogP contribution in [0.1, 0.15) is 79.1 Å². The number of carbonyl (C=O) groups excluding carboxylic acids is 8. The number of hydrogen-bond donors (Lipinski definition) is 0. The minimum atomic E-state index is -1.72. The summed E-state index contributed by atoms with van der Waals surface area (Å²) < 4.78 is 32.4. The first-order valence-corrected chi connectivity index (χ1v) is 15.2. The Hall–Kier alpha value is -4.62. The van der Waals surface area contributed by atoms with E-state index in [0.717, 1.165) is 33.6 Å². The van der Waals surface area contributed by atoms with Crippen molar-refractivity contribution in [3.8, 4) is 0 Å². The van der Waals surface area contributed by atoms with Crippen LogP contribution in [0.4, 0.5) is 0 Å². The summed E-state index contributed by atoms with van der Waals surface area (Å²) in [5.41, 5.74) is -1.19. The van der Waals surface area contributed by atoms with Gasteiger partial charge in [0.05, 0.1) is 22.6 Å². The number of carbonyl (C=O) groups is 8. The first kappa shape index (κ1) is 34.3. The highest BCUT2D eigenvalue weighted by Crippen LogP contribution is 2.45. The molecule has 3 aliphatic heterocycles. The normalized spacial score (nSPS) is 25.7. The summed E-state index contributed by atoms with van der Waals surface area (Å²) in [6, 6.07) is 0. The van der Waals surface area contributed by atoms with Gasteiger partial charge in [-0.15, -0.1) is 0 Å². The summed E-state index contributed by atoms with van der Waals surface area (Å²) in [7, 11) is 0. The predicted molar refractivity (Wildman–Crippen MR) is 152 cm³/mol. The molecular weight excluding hydrogens is 608 g/mol. The van der Waals surface area contributed by atoms with E-state index in [4.69, 9.17) is 28.4 Å². The maximum atomic E-state index is 13.5. The molecule has 0 bridgehead atoms. The first-order chi connectivity index (χ1) is 21.8. The lowest BCUT2D eigenvalue weighted by atomic mass is 9.79. The number of cyclic esters (lactones) is 5. The van der Waals surface area contributed by atoms with Crippen molar-refractivity contribution in [2.24, 2.45) is 11.8 Å². The minimum absolute atomic E-state index is 0.107. The SMILES string of the molecule is CCCCCC[C@@H](OC(C)=O)[C@@H]1C2=C(C[C@H]([C@H](OC(C)=O)[C@@H]3CC=CC(=O)O3)CC3=C(C(=O)OC3=O)[C@@H]1OC(C)=O)C(=O)OC2=O. The summed E-state index contributed by atoms with van der Waals surface area (Å²) in [5, 5.41) is 0. The van der Waals surface area contributed by atoms with Gasteiger partial charge in [-0.25, -0.2) is 24.0 Å². The Bertz CT molecular complexity index is 1430. The van der Waals surface area contributed by atoms with Crippen molar-refractivity contribution >= 4 is 47.8 Å². The highest BCUT2D eigenvalue weighted by Gasteiger charge is 2.54. The molecule has 0 spiro atoms. The summed E-state index contributed by atoms with van der Waals surface area (Å²) in [6.07, 6.45) is -0.142. The van der Waals surface area contributed by atoms with Crippen LogP contribution in [0.15, 0.2) is 34.4 Å². The molecular formula is C32H36O14. The van der Waals surface area contributed by atoms with E-state index < -0.39 is 89.6 Å². The molecule has 46 heavy (non-hydrogen) atoms. The molecule has 4 rings (SSSR count). The largest absolute Gasteiger partial charge is 0.462 e. The Morgan fingerprint density at radius 1 is 0.804 bits per heavy atom. The average molecular weight is 645 g/mol. The number of hydrogen-bond acceptors (Lipinski definition) is 14. The summed E-state index contributed by atoms with van der Waals surface area (Å²) in [4.78, 5) is 103. The smallest absolute Gasteiger partial charge is 0.346 e. The number of unbranched alkanes of at least 4 members (excludes halogenated alkanes) is 3. The van der Waals surface area contributed by atoms with Gasteiger partial charge in [0, 0.05) is 44.8 Å². The van der Waals surface area contributed by atoms with Gasteiger partial charge in [0.25, 0.3) is 0 Å². The fourth-order valence-electron chi connectivity index (χ4n) is 6.43. The second kappa shape index (κ2) is 14.6. The summed E-state index contributed by atoms with van der Waals surface area (Å²) >= 11 is 0. The molecule has 0 aromatic carbocycles. The third-order valence-corrected chi connectivity index (χ3v) is 8.21. The second-order valence-corrected chi connectivity index (χ2v) is 11.5. The molecule has 1 aliphatic carbocycles. The molecule has 0 N–H and O–H groups in total. The van der Waals surface area contributed by atoms with Crippen LogP contribution in [0, 0.1) is 11.8 Å². The number of esters is 8. The van der Waals surface area contributed by atoms with Crippen LogP contribution >= 0.6 is 0 Å². The van der Waals surface area contributed by atoms with Crippen molar-refractivity contribution in [1.29, 1.82) is 0 Å². The topological polar surface area (TPSA) is 192 Å². The molecule has 0 radical (unpaired) electrons. The van der Waals surface area contributed by atoms with Crippen molar-refractivity contribution in [3.05, 3.63) is 34.4 Å². The molecule has 0 aromatic rings. The van der Waals surface area contributed by atoms with Gasteiger partial charge in [0.15, 0.2) is 0 Å². The molecule has 0 unspecified atom stereocenters. The molecule has 0 saturated carbocycles. The Morgan fingerprint density at radius 3 is 1.98 bits per heavy atom. The molecule has 0 aromatic heterocycles. The average Bonchev–Trinajstić information content (AvgIpc) is 3.41. The zero-order valence-electron chi connectivity index (χ0n) is 26.0. The Balaban J connectivity index is 1.98. The van der Waals surface area contributed by atoms with Crippen LogP contribution in [0.25, 0.3) is 0 Å². The molecule has 4 aliphatic rings. The van der Waals surface area contributed by atoms with E-state index in [2.05, 4.69) is 0 Å². The Kier molecular flexibility index (Phi) is 10.9. The molecule has 14 heteroatoms. The molecule has 3 heterocycles. The van der Waals surface area contributed by atoms with Crippen LogP contribution in [-0.4, -0.2) is 72.2 Å². The maximum Gasteiger partial charge on any atom is 0.346 e. The van der Waals surface area contributed by atoms with E-state index in [9.17, 15) is 38.4 Å². The van der Waals surface area contributed by atoms with Crippen LogP contribution in [0.3, 0.4) is 0 Å². The monoisotopic (exact) mass is 644 g/mol. The predicted octanol–water partition coefficient (Wildman–Crippen LogP) is 2.41.